The molecule has 440 valence electrons. The summed E-state index contributed by atoms with van der Waals surface area (Å²) in [6.45, 7) is 80.3. The summed E-state index contributed by atoms with van der Waals surface area (Å²) in [6, 6.07) is 0. The van der Waals surface area contributed by atoms with E-state index < -0.39 is 0 Å². The molecule has 10 heteroatoms. The summed E-state index contributed by atoms with van der Waals surface area (Å²) in [4.78, 5) is 39.4. The van der Waals surface area contributed by atoms with E-state index in [9.17, 15) is 0 Å². The molecule has 4 heterocycles. The number of nitrogens with zero attached hydrogens (tertiary/aromatic N) is 8. The van der Waals surface area contributed by atoms with Gasteiger partial charge in [-0.15, -0.1) is 0 Å². The van der Waals surface area contributed by atoms with E-state index in [2.05, 4.69) is 249 Å². The van der Waals surface area contributed by atoms with Gasteiger partial charge in [0.05, 0.1) is 0 Å². The first-order chi connectivity index (χ1) is 33.6. The Hall–Kier alpha value is -0.0171. The van der Waals surface area contributed by atoms with Crippen LogP contribution in [-0.4, -0.2) is 118 Å². The van der Waals surface area contributed by atoms with Gasteiger partial charge in [0.15, 0.2) is 0 Å². The van der Waals surface area contributed by atoms with E-state index in [1.807, 2.05) is 0 Å². The summed E-state index contributed by atoms with van der Waals surface area (Å²) in [5.74, 6) is 4.07. The molecule has 0 aliphatic carbocycles. The number of imidazole rings is 4. The minimum atomic E-state index is 0. The maximum absolute atomic E-state index is 4.93. The van der Waals surface area contributed by atoms with Crippen LogP contribution in [-0.2, 0) is 65.0 Å². The van der Waals surface area contributed by atoms with Crippen molar-refractivity contribution in [1.82, 2.24) is 39.9 Å². The second-order valence-electron chi connectivity index (χ2n) is 33.5. The van der Waals surface area contributed by atoms with Gasteiger partial charge in [0, 0.05) is 0 Å². The molecule has 0 amide bonds. The van der Waals surface area contributed by atoms with Crippen molar-refractivity contribution < 1.29 is 0 Å². The van der Waals surface area contributed by atoms with Gasteiger partial charge < -0.3 is 39.9 Å². The quantitative estimate of drug-likeness (QED) is 0.129. The summed E-state index contributed by atoms with van der Waals surface area (Å²) in [6.07, 6.45) is 9.17. The monoisotopic (exact) mass is 1330 g/mol. The second kappa shape index (κ2) is 28.9. The molecule has 0 radical (unpaired) electrons. The maximum Gasteiger partial charge on any atom is 2.00 e. The van der Waals surface area contributed by atoms with Gasteiger partial charge in [-0.05, 0) is 90.7 Å². The fourth-order valence-corrected chi connectivity index (χ4v) is 9.71. The molecule has 0 fully saturated rings. The first-order valence-electron chi connectivity index (χ1n) is 29.8. The van der Waals surface area contributed by atoms with Gasteiger partial charge in [-0.3, -0.25) is 0 Å². The second-order valence-corrected chi connectivity index (χ2v) is 33.5. The zero-order chi connectivity index (χ0) is 60.2. The number of hydrogen-bond donors (Lipinski definition) is 0. The molecule has 0 N–H and O–H groups in total. The third-order valence-electron chi connectivity index (χ3n) is 14.2. The van der Waals surface area contributed by atoms with Gasteiger partial charge in [-0.1, -0.05) is 344 Å². The average Bonchev–Trinajstić information content (AvgIpc) is 4.01. The summed E-state index contributed by atoms with van der Waals surface area (Å²) >= 11 is 0. The topological polar surface area (TPSA) is 108 Å². The molecule has 4 rings (SSSR count). The molecule has 0 bridgehead atoms. The molecule has 0 aliphatic rings. The fraction of sp³-hybridized carbons (Fsp3) is 0.824. The first kappa shape index (κ1) is 80.0. The molecule has 4 aromatic rings. The van der Waals surface area contributed by atoms with Gasteiger partial charge in [0.25, 0.3) is 0 Å². The van der Waals surface area contributed by atoms with Crippen LogP contribution in [0.15, 0.2) is 0 Å². The van der Waals surface area contributed by atoms with E-state index in [0.717, 1.165) is 74.7 Å². The van der Waals surface area contributed by atoms with Crippen LogP contribution in [0.4, 0.5) is 0 Å². The van der Waals surface area contributed by atoms with E-state index in [1.165, 1.54) is 45.6 Å². The van der Waals surface area contributed by atoms with Gasteiger partial charge in [0.2, 0.25) is 0 Å². The third kappa shape index (κ3) is 23.1. The van der Waals surface area contributed by atoms with Crippen LogP contribution in [0.5, 0.6) is 0 Å². The maximum atomic E-state index is 4.93. The molecule has 8 nitrogen and oxygen atoms in total. The van der Waals surface area contributed by atoms with Gasteiger partial charge in [-0.25, -0.2) is 0 Å². The van der Waals surface area contributed by atoms with Crippen molar-refractivity contribution in [3.05, 3.63) is 68.8 Å². The zero-order valence-electron chi connectivity index (χ0n) is 58.6. The van der Waals surface area contributed by atoms with Crippen molar-refractivity contribution in [2.24, 2.45) is 0 Å². The van der Waals surface area contributed by atoms with Gasteiger partial charge in [-0.2, -0.15) is 0 Å². The van der Waals surface area contributed by atoms with Crippen LogP contribution in [0.2, 0.25) is 0 Å². The van der Waals surface area contributed by atoms with Gasteiger partial charge >= 0.3 is 97.8 Å². The van der Waals surface area contributed by atoms with Crippen LogP contribution < -0.4 is 19.9 Å². The molecule has 0 aromatic carbocycles. The molecule has 0 saturated carbocycles. The van der Waals surface area contributed by atoms with Crippen LogP contribution in [0.25, 0.3) is 0 Å². The molecule has 78 heavy (non-hydrogen) atoms. The molecule has 0 aliphatic heterocycles. The Morgan fingerprint density at radius 3 is 0.436 bits per heavy atom. The smallest absolute Gasteiger partial charge is 0.442 e. The van der Waals surface area contributed by atoms with E-state index >= 15 is 0 Å². The molecular weight excluding hydrogens is 1200 g/mol. The normalized spacial score (nSPS) is 13.6. The van der Waals surface area contributed by atoms with Crippen molar-refractivity contribution >= 4 is 97.8 Å². The largest absolute Gasteiger partial charge is 2.00 e. The Kier molecular flexibility index (Phi) is 29.7. The Bertz CT molecular complexity index is 1920. The summed E-state index contributed by atoms with van der Waals surface area (Å²) < 4.78 is 0. The molecular formula is C68H124Ba2N8. The standard InChI is InChI=1S/4C17H31N2.2Ba/c4*1-10-11-17(8,9)14-18-12(15(2,3)4)13(19-14)16(5,6)7;;/h4*10-11H2,1-9H3;;/q4*-1;2*+2. The Morgan fingerprint density at radius 1 is 0.231 bits per heavy atom. The van der Waals surface area contributed by atoms with Gasteiger partial charge in [0.1, 0.15) is 0 Å². The van der Waals surface area contributed by atoms with E-state index in [-0.39, 0.29) is 163 Å². The van der Waals surface area contributed by atoms with Crippen LogP contribution in [0.1, 0.15) is 369 Å². The van der Waals surface area contributed by atoms with E-state index in [4.69, 9.17) is 39.9 Å². The summed E-state index contributed by atoms with van der Waals surface area (Å²) in [5.41, 5.74) is 10.0. The fourth-order valence-electron chi connectivity index (χ4n) is 9.71. The van der Waals surface area contributed by atoms with E-state index in [0.29, 0.717) is 0 Å². The minimum absolute atomic E-state index is 0. The predicted molar refractivity (Wildman–Crippen MR) is 343 cm³/mol. The number of aromatic nitrogens is 8. The molecule has 0 spiro atoms. The van der Waals surface area contributed by atoms with Crippen LogP contribution >= 0.6 is 0 Å². The number of rotatable bonds is 12. The molecule has 4 aromatic heterocycles. The Balaban J connectivity index is 0. The van der Waals surface area contributed by atoms with Crippen LogP contribution in [0.3, 0.4) is 0 Å². The van der Waals surface area contributed by atoms with Crippen molar-refractivity contribution in [3.63, 3.8) is 0 Å². The van der Waals surface area contributed by atoms with Crippen molar-refractivity contribution in [1.29, 1.82) is 0 Å². The SMILES string of the molecule is CCCC(C)(C)c1nc(C(C)(C)C)c(C(C)(C)C)[n-]1.CCCC(C)(C)c1nc(C(C)(C)C)c(C(C)(C)C)[n-]1.CCCC(C)(C)c1nc(C(C)(C)C)c(C(C)(C)C)[n-]1.CCCC(C)(C)c1nc(C(C)(C)C)c(C(C)(C)C)[n-]1.[Ba+2].[Ba+2]. The number of hydrogen-bond acceptors (Lipinski definition) is 4. The average molecular weight is 1330 g/mol. The molecule has 0 atom stereocenters. The molecule has 0 unspecified atom stereocenters. The minimum Gasteiger partial charge on any atom is -0.442 e. The van der Waals surface area contributed by atoms with E-state index in [1.54, 1.807) is 0 Å². The Morgan fingerprint density at radius 2 is 0.359 bits per heavy atom. The van der Waals surface area contributed by atoms with Crippen molar-refractivity contribution in [3.8, 4) is 0 Å². The Labute approximate surface area is 565 Å². The molecule has 0 saturated heterocycles. The van der Waals surface area contributed by atoms with Crippen molar-refractivity contribution in [2.45, 2.75) is 366 Å². The predicted octanol–water partition coefficient (Wildman–Crippen LogP) is 18.1. The first-order valence-corrected chi connectivity index (χ1v) is 29.8. The summed E-state index contributed by atoms with van der Waals surface area (Å²) in [7, 11) is 0. The summed E-state index contributed by atoms with van der Waals surface area (Å²) in [5, 5.41) is 0. The zero-order valence-corrected chi connectivity index (χ0v) is 67.5. The van der Waals surface area contributed by atoms with Crippen molar-refractivity contribution in [2.75, 3.05) is 0 Å². The van der Waals surface area contributed by atoms with Crippen LogP contribution in [0, 0.1) is 0 Å². The third-order valence-corrected chi connectivity index (χ3v) is 14.2.